The Bertz CT molecular complexity index is 2580. The number of aliphatic hydroxyl groups is 1. The molecule has 0 saturated carbocycles. The van der Waals surface area contributed by atoms with Crippen LogP contribution in [0.15, 0.2) is 140 Å². The molecule has 6 aromatic carbocycles. The van der Waals surface area contributed by atoms with E-state index in [2.05, 4.69) is 36.2 Å². The summed E-state index contributed by atoms with van der Waals surface area (Å²) in [5.74, 6) is 16.3. The lowest BCUT2D eigenvalue weighted by atomic mass is 10.0. The van der Waals surface area contributed by atoms with Crippen molar-refractivity contribution >= 4 is 22.7 Å². The number of rotatable bonds is 14. The van der Waals surface area contributed by atoms with Gasteiger partial charge in [0.05, 0.1) is 30.9 Å². The average Bonchev–Trinajstić information content (AvgIpc) is 3.27. The van der Waals surface area contributed by atoms with Gasteiger partial charge < -0.3 is 28.8 Å². The number of carbonyl (C=O) groups excluding carboxylic acids is 2. The molecule has 292 valence electrons. The summed E-state index contributed by atoms with van der Waals surface area (Å²) in [6.07, 6.45) is 6.70. The third kappa shape index (κ3) is 11.7. The molecule has 0 saturated heterocycles. The second kappa shape index (κ2) is 20.5. The number of esters is 2. The topological polar surface area (TPSA) is 101 Å². The quantitative estimate of drug-likeness (QED) is 0.0292. The first-order valence-electron chi connectivity index (χ1n) is 18.9. The summed E-state index contributed by atoms with van der Waals surface area (Å²) in [5, 5.41) is 12.5. The summed E-state index contributed by atoms with van der Waals surface area (Å²) in [4.78, 5) is 24.7. The molecular formula is C51H40O8. The number of carbonyl (C=O) groups is 2. The first-order valence-corrected chi connectivity index (χ1v) is 18.9. The minimum Gasteiger partial charge on any atom is -0.494 e. The Morgan fingerprint density at radius 1 is 0.695 bits per heavy atom. The van der Waals surface area contributed by atoms with Crippen LogP contribution in [0.1, 0.15) is 69.8 Å². The zero-order valence-electron chi connectivity index (χ0n) is 32.4. The highest BCUT2D eigenvalue weighted by atomic mass is 16.6. The van der Waals surface area contributed by atoms with Gasteiger partial charge in [-0.3, -0.25) is 0 Å². The van der Waals surface area contributed by atoms with Gasteiger partial charge in [-0.25, -0.2) is 9.59 Å². The summed E-state index contributed by atoms with van der Waals surface area (Å²) in [6.45, 7) is 6.54. The Balaban J connectivity index is 1.22. The SMILES string of the molecule is C#Cc1ccc(C#Cc2ccc(C#Cc3c(OC(=O)c4ccc(OCCCOC(=O)C=C)cc4)ccc4cc(C(O)Oc5ccc(OCCC)cc5)ccc34)cc2)cc1. The Hall–Kier alpha value is -7.70. The molecule has 1 N–H and O–H groups in total. The first kappa shape index (κ1) is 40.9. The van der Waals surface area contributed by atoms with E-state index in [1.807, 2.05) is 67.6 Å². The van der Waals surface area contributed by atoms with E-state index in [1.54, 1.807) is 66.7 Å². The van der Waals surface area contributed by atoms with Crippen LogP contribution in [-0.2, 0) is 9.53 Å². The molecule has 6 rings (SSSR count). The number of aliphatic hydroxyl groups excluding tert-OH is 1. The van der Waals surface area contributed by atoms with Crippen molar-refractivity contribution in [1.82, 2.24) is 0 Å². The van der Waals surface area contributed by atoms with Crippen LogP contribution in [0.25, 0.3) is 10.8 Å². The molecule has 1 unspecified atom stereocenters. The molecule has 0 aliphatic rings. The lowest BCUT2D eigenvalue weighted by molar-refractivity contribution is -0.137. The first-order chi connectivity index (χ1) is 28.8. The Kier molecular flexibility index (Phi) is 14.2. The van der Waals surface area contributed by atoms with Crippen LogP contribution in [0.2, 0.25) is 0 Å². The van der Waals surface area contributed by atoms with E-state index in [4.69, 9.17) is 30.1 Å². The van der Waals surface area contributed by atoms with Crippen molar-refractivity contribution in [2.45, 2.75) is 26.1 Å². The molecule has 0 heterocycles. The summed E-state index contributed by atoms with van der Waals surface area (Å²) >= 11 is 0. The smallest absolute Gasteiger partial charge is 0.343 e. The fourth-order valence-electron chi connectivity index (χ4n) is 5.62. The van der Waals surface area contributed by atoms with E-state index in [0.29, 0.717) is 53.2 Å². The van der Waals surface area contributed by atoms with Crippen molar-refractivity contribution in [3.8, 4) is 59.0 Å². The predicted octanol–water partition coefficient (Wildman–Crippen LogP) is 9.20. The number of terminal acetylenes is 1. The predicted molar refractivity (Wildman–Crippen MR) is 227 cm³/mol. The number of benzene rings is 6. The number of hydrogen-bond donors (Lipinski definition) is 1. The van der Waals surface area contributed by atoms with Crippen LogP contribution in [-0.4, -0.2) is 36.9 Å². The average molecular weight is 781 g/mol. The Morgan fingerprint density at radius 2 is 1.27 bits per heavy atom. The van der Waals surface area contributed by atoms with Crippen molar-refractivity contribution in [1.29, 1.82) is 0 Å². The highest BCUT2D eigenvalue weighted by molar-refractivity contribution is 5.95. The molecular weight excluding hydrogens is 741 g/mol. The molecule has 59 heavy (non-hydrogen) atoms. The van der Waals surface area contributed by atoms with Gasteiger partial charge in [-0.1, -0.05) is 61.3 Å². The van der Waals surface area contributed by atoms with Crippen LogP contribution < -0.4 is 18.9 Å². The molecule has 0 fully saturated rings. The maximum absolute atomic E-state index is 13.5. The molecule has 0 aliphatic heterocycles. The third-order valence-electron chi connectivity index (χ3n) is 8.72. The van der Waals surface area contributed by atoms with E-state index >= 15 is 0 Å². The van der Waals surface area contributed by atoms with Crippen molar-refractivity contribution in [2.24, 2.45) is 0 Å². The van der Waals surface area contributed by atoms with Crippen LogP contribution in [0, 0.1) is 36.0 Å². The normalized spacial score (nSPS) is 10.7. The van der Waals surface area contributed by atoms with E-state index in [1.165, 1.54) is 0 Å². The molecule has 6 aromatic rings. The molecule has 0 amide bonds. The molecule has 0 aliphatic carbocycles. The van der Waals surface area contributed by atoms with Gasteiger partial charge in [0.2, 0.25) is 6.29 Å². The largest absolute Gasteiger partial charge is 0.494 e. The van der Waals surface area contributed by atoms with E-state index in [-0.39, 0.29) is 12.4 Å². The molecule has 0 bridgehead atoms. The standard InChI is InChI=1S/C51H40O8/c1-4-32-55-44-25-27-45(28-26-44)58-51(54)42-21-30-46-41(35-42)22-31-48(59-50(53)40-19-23-43(24-20-40)56-33-7-34-57-49(52)6-3)47(46)29-18-39-16-14-38(15-17-39)13-12-37-10-8-36(5-2)9-11-37/h2,6,8-11,14-17,19-28,30-31,35,51,54H,3-4,7,32-34H2,1H3. The summed E-state index contributed by atoms with van der Waals surface area (Å²) in [5.41, 5.74) is 4.50. The van der Waals surface area contributed by atoms with E-state index in [0.717, 1.165) is 45.9 Å². The molecule has 0 aromatic heterocycles. The zero-order valence-corrected chi connectivity index (χ0v) is 32.4. The van der Waals surface area contributed by atoms with Crippen LogP contribution in [0.4, 0.5) is 0 Å². The van der Waals surface area contributed by atoms with Gasteiger partial charge in [-0.05, 0) is 121 Å². The van der Waals surface area contributed by atoms with Gasteiger partial charge in [-0.15, -0.1) is 6.42 Å². The molecule has 8 nitrogen and oxygen atoms in total. The zero-order chi connectivity index (χ0) is 41.4. The van der Waals surface area contributed by atoms with Crippen molar-refractivity contribution in [3.63, 3.8) is 0 Å². The summed E-state index contributed by atoms with van der Waals surface area (Å²) in [6, 6.07) is 37.5. The maximum atomic E-state index is 13.5. The number of hydrogen-bond acceptors (Lipinski definition) is 8. The van der Waals surface area contributed by atoms with Gasteiger partial charge >= 0.3 is 11.9 Å². The van der Waals surface area contributed by atoms with Crippen molar-refractivity contribution < 1.29 is 38.4 Å². The maximum Gasteiger partial charge on any atom is 0.343 e. The van der Waals surface area contributed by atoms with Gasteiger partial charge in [0.25, 0.3) is 0 Å². The molecule has 0 spiro atoms. The van der Waals surface area contributed by atoms with Crippen LogP contribution >= 0.6 is 0 Å². The van der Waals surface area contributed by atoms with E-state index < -0.39 is 18.2 Å². The monoisotopic (exact) mass is 780 g/mol. The number of fused-ring (bicyclic) bond motifs is 1. The van der Waals surface area contributed by atoms with Crippen LogP contribution in [0.3, 0.4) is 0 Å². The minimum absolute atomic E-state index is 0.204. The van der Waals surface area contributed by atoms with Gasteiger partial charge in [0, 0.05) is 45.7 Å². The van der Waals surface area contributed by atoms with Crippen molar-refractivity contribution in [2.75, 3.05) is 19.8 Å². The highest BCUT2D eigenvalue weighted by Crippen LogP contribution is 2.32. The second-order valence-electron chi connectivity index (χ2n) is 13.0. The number of ether oxygens (including phenoxy) is 5. The minimum atomic E-state index is -1.25. The van der Waals surface area contributed by atoms with Crippen LogP contribution in [0.5, 0.6) is 23.0 Å². The summed E-state index contributed by atoms with van der Waals surface area (Å²) < 4.78 is 28.1. The molecule has 0 radical (unpaired) electrons. The van der Waals surface area contributed by atoms with E-state index in [9.17, 15) is 14.7 Å². The summed E-state index contributed by atoms with van der Waals surface area (Å²) in [7, 11) is 0. The fourth-order valence-corrected chi connectivity index (χ4v) is 5.62. The Morgan fingerprint density at radius 3 is 1.88 bits per heavy atom. The lowest BCUT2D eigenvalue weighted by Gasteiger charge is -2.16. The van der Waals surface area contributed by atoms with Gasteiger partial charge in [0.15, 0.2) is 0 Å². The molecule has 1 atom stereocenters. The lowest BCUT2D eigenvalue weighted by Crippen LogP contribution is -2.10. The fraction of sp³-hybridized carbons (Fsp3) is 0.137. The van der Waals surface area contributed by atoms with Gasteiger partial charge in [-0.2, -0.15) is 0 Å². The van der Waals surface area contributed by atoms with Crippen molar-refractivity contribution in [3.05, 3.63) is 179 Å². The van der Waals surface area contributed by atoms with Gasteiger partial charge in [0.1, 0.15) is 23.0 Å². The highest BCUT2D eigenvalue weighted by Gasteiger charge is 2.16. The second-order valence-corrected chi connectivity index (χ2v) is 13.0. The third-order valence-corrected chi connectivity index (χ3v) is 8.72. The Labute approximate surface area is 344 Å². The molecule has 8 heteroatoms.